The number of phenolic OH excluding ortho intramolecular Hbond substituents is 1. The number of rotatable bonds is 4. The Morgan fingerprint density at radius 3 is 2.05 bits per heavy atom. The van der Waals surface area contributed by atoms with Gasteiger partial charge in [-0.25, -0.2) is 0 Å². The van der Waals surface area contributed by atoms with Gasteiger partial charge >= 0.3 is 0 Å². The third-order valence-electron chi connectivity index (χ3n) is 3.80. The summed E-state index contributed by atoms with van der Waals surface area (Å²) in [6, 6.07) is 15.2. The van der Waals surface area contributed by atoms with E-state index in [9.17, 15) is 14.7 Å². The molecule has 0 heterocycles. The van der Waals surface area contributed by atoms with Crippen molar-refractivity contribution >= 4 is 11.6 Å². The fourth-order valence-electron chi connectivity index (χ4n) is 2.47. The summed E-state index contributed by atoms with van der Waals surface area (Å²) in [7, 11) is 0. The second-order valence-corrected chi connectivity index (χ2v) is 5.12. The summed E-state index contributed by atoms with van der Waals surface area (Å²) in [5.74, 6) is -0.486. The van der Waals surface area contributed by atoms with E-state index in [1.54, 1.807) is 42.5 Å². The van der Waals surface area contributed by atoms with E-state index in [2.05, 4.69) is 0 Å². The Kier molecular flexibility index (Phi) is 2.90. The van der Waals surface area contributed by atoms with Gasteiger partial charge in [0.1, 0.15) is 5.75 Å². The van der Waals surface area contributed by atoms with Crippen LogP contribution in [-0.4, -0.2) is 16.7 Å². The molecule has 3 heteroatoms. The van der Waals surface area contributed by atoms with Crippen LogP contribution >= 0.6 is 0 Å². The molecule has 0 radical (unpaired) electrons. The number of carbonyl (C=O) groups excluding carboxylic acids is 2. The van der Waals surface area contributed by atoms with Crippen molar-refractivity contribution in [3.05, 3.63) is 65.7 Å². The van der Waals surface area contributed by atoms with Gasteiger partial charge in [-0.2, -0.15) is 0 Å². The van der Waals surface area contributed by atoms with Gasteiger partial charge in [-0.1, -0.05) is 42.5 Å². The maximum absolute atomic E-state index is 12.6. The Balaban J connectivity index is 1.96. The average Bonchev–Trinajstić information content (AvgIpc) is 3.29. The van der Waals surface area contributed by atoms with Crippen LogP contribution in [0.1, 0.15) is 33.6 Å². The van der Waals surface area contributed by atoms with Gasteiger partial charge < -0.3 is 5.11 Å². The molecule has 100 valence electrons. The van der Waals surface area contributed by atoms with Gasteiger partial charge in [-0.3, -0.25) is 9.59 Å². The minimum atomic E-state index is -0.972. The molecule has 1 saturated carbocycles. The molecule has 3 rings (SSSR count). The van der Waals surface area contributed by atoms with Gasteiger partial charge in [0.25, 0.3) is 0 Å². The van der Waals surface area contributed by atoms with E-state index >= 15 is 0 Å². The first-order valence-electron chi connectivity index (χ1n) is 6.58. The normalized spacial score (nSPS) is 15.6. The maximum Gasteiger partial charge on any atom is 0.180 e. The fraction of sp³-hybridized carbons (Fsp3) is 0.176. The monoisotopic (exact) mass is 266 g/mol. The molecular weight excluding hydrogens is 252 g/mol. The summed E-state index contributed by atoms with van der Waals surface area (Å²) in [5.41, 5.74) is -0.191. The van der Waals surface area contributed by atoms with Gasteiger partial charge in [0, 0.05) is 5.56 Å². The number of ketones is 2. The Morgan fingerprint density at radius 1 is 0.850 bits per heavy atom. The number of Topliss-reactive ketones (excluding diaryl/α,β-unsaturated/α-hetero) is 2. The molecule has 0 saturated heterocycles. The van der Waals surface area contributed by atoms with E-state index in [1.807, 2.05) is 6.07 Å². The zero-order valence-electron chi connectivity index (χ0n) is 10.9. The van der Waals surface area contributed by atoms with Crippen LogP contribution in [0.5, 0.6) is 5.75 Å². The molecule has 1 fully saturated rings. The van der Waals surface area contributed by atoms with Crippen LogP contribution in [0, 0.1) is 5.41 Å². The van der Waals surface area contributed by atoms with Gasteiger partial charge in [0.15, 0.2) is 11.6 Å². The van der Waals surface area contributed by atoms with Crippen molar-refractivity contribution < 1.29 is 14.7 Å². The molecule has 0 aliphatic heterocycles. The van der Waals surface area contributed by atoms with Crippen molar-refractivity contribution in [2.24, 2.45) is 5.41 Å². The molecule has 2 aromatic carbocycles. The van der Waals surface area contributed by atoms with E-state index in [-0.39, 0.29) is 22.9 Å². The molecule has 1 aliphatic rings. The standard InChI is InChI=1S/C17H14O3/c18-14-9-5-4-8-13(14)16(20)17(10-11-17)15(19)12-6-2-1-3-7-12/h1-9,18H,10-11H2. The lowest BCUT2D eigenvalue weighted by Gasteiger charge is -2.13. The minimum absolute atomic E-state index is 0.0652. The van der Waals surface area contributed by atoms with E-state index in [0.29, 0.717) is 18.4 Å². The predicted molar refractivity (Wildman–Crippen MR) is 74.9 cm³/mol. The summed E-state index contributed by atoms with van der Waals surface area (Å²) >= 11 is 0. The summed E-state index contributed by atoms with van der Waals surface area (Å²) in [6.45, 7) is 0. The van der Waals surface area contributed by atoms with Crippen molar-refractivity contribution in [3.8, 4) is 5.75 Å². The molecule has 0 aromatic heterocycles. The third kappa shape index (κ3) is 1.92. The number of carbonyl (C=O) groups is 2. The zero-order chi connectivity index (χ0) is 14.2. The number of phenols is 1. The molecule has 1 N–H and O–H groups in total. The summed E-state index contributed by atoms with van der Waals surface area (Å²) < 4.78 is 0. The van der Waals surface area contributed by atoms with E-state index < -0.39 is 5.41 Å². The van der Waals surface area contributed by atoms with Crippen LogP contribution in [-0.2, 0) is 0 Å². The summed E-state index contributed by atoms with van der Waals surface area (Å²) in [4.78, 5) is 25.1. The quantitative estimate of drug-likeness (QED) is 0.682. The highest BCUT2D eigenvalue weighted by Gasteiger charge is 2.56. The van der Waals surface area contributed by atoms with Crippen LogP contribution in [0.15, 0.2) is 54.6 Å². The highest BCUT2D eigenvalue weighted by atomic mass is 16.3. The Labute approximate surface area is 116 Å². The third-order valence-corrected chi connectivity index (χ3v) is 3.80. The first-order valence-corrected chi connectivity index (χ1v) is 6.58. The molecule has 3 nitrogen and oxygen atoms in total. The van der Waals surface area contributed by atoms with Gasteiger partial charge in [0.2, 0.25) is 0 Å². The second-order valence-electron chi connectivity index (χ2n) is 5.12. The van der Waals surface area contributed by atoms with E-state index in [4.69, 9.17) is 0 Å². The smallest absolute Gasteiger partial charge is 0.180 e. The van der Waals surface area contributed by atoms with Crippen LogP contribution in [0.3, 0.4) is 0 Å². The van der Waals surface area contributed by atoms with E-state index in [0.717, 1.165) is 0 Å². The van der Waals surface area contributed by atoms with Gasteiger partial charge in [0.05, 0.1) is 11.0 Å². The van der Waals surface area contributed by atoms with Crippen LogP contribution in [0.2, 0.25) is 0 Å². The molecule has 0 atom stereocenters. The fourth-order valence-corrected chi connectivity index (χ4v) is 2.47. The van der Waals surface area contributed by atoms with Crippen molar-refractivity contribution in [2.75, 3.05) is 0 Å². The van der Waals surface area contributed by atoms with Crippen LogP contribution in [0.25, 0.3) is 0 Å². The maximum atomic E-state index is 12.6. The summed E-state index contributed by atoms with van der Waals surface area (Å²) in [6.07, 6.45) is 1.10. The number of para-hydroxylation sites is 1. The average molecular weight is 266 g/mol. The van der Waals surface area contributed by atoms with Crippen molar-refractivity contribution in [2.45, 2.75) is 12.8 Å². The Morgan fingerprint density at radius 2 is 1.45 bits per heavy atom. The number of aromatic hydroxyl groups is 1. The molecule has 20 heavy (non-hydrogen) atoms. The lowest BCUT2D eigenvalue weighted by Crippen LogP contribution is -2.26. The lowest BCUT2D eigenvalue weighted by molar-refractivity contribution is 0.0781. The van der Waals surface area contributed by atoms with Crippen LogP contribution in [0.4, 0.5) is 0 Å². The first kappa shape index (κ1) is 12.6. The number of hydrogen-bond donors (Lipinski definition) is 1. The Hall–Kier alpha value is -2.42. The number of hydrogen-bond acceptors (Lipinski definition) is 3. The van der Waals surface area contributed by atoms with Crippen LogP contribution < -0.4 is 0 Å². The van der Waals surface area contributed by atoms with Gasteiger partial charge in [-0.05, 0) is 25.0 Å². The SMILES string of the molecule is O=C(c1ccccc1)C1(C(=O)c2ccccc2O)CC1. The second kappa shape index (κ2) is 4.60. The summed E-state index contributed by atoms with van der Waals surface area (Å²) in [5, 5.41) is 9.79. The first-order chi connectivity index (χ1) is 9.65. The highest BCUT2D eigenvalue weighted by Crippen LogP contribution is 2.51. The molecule has 0 spiro atoms. The molecule has 0 unspecified atom stereocenters. The largest absolute Gasteiger partial charge is 0.507 e. The molecule has 0 bridgehead atoms. The van der Waals surface area contributed by atoms with Gasteiger partial charge in [-0.15, -0.1) is 0 Å². The topological polar surface area (TPSA) is 54.4 Å². The lowest BCUT2D eigenvalue weighted by atomic mass is 9.87. The Bertz CT molecular complexity index is 670. The minimum Gasteiger partial charge on any atom is -0.507 e. The zero-order valence-corrected chi connectivity index (χ0v) is 10.9. The molecule has 2 aromatic rings. The molecular formula is C17H14O3. The van der Waals surface area contributed by atoms with Crippen molar-refractivity contribution in [1.82, 2.24) is 0 Å². The highest BCUT2D eigenvalue weighted by molar-refractivity contribution is 6.22. The number of benzene rings is 2. The van der Waals surface area contributed by atoms with E-state index in [1.165, 1.54) is 6.07 Å². The van der Waals surface area contributed by atoms with Crippen molar-refractivity contribution in [3.63, 3.8) is 0 Å². The predicted octanol–water partition coefficient (Wildman–Crippen LogP) is 3.24. The molecule has 1 aliphatic carbocycles. The van der Waals surface area contributed by atoms with Crippen molar-refractivity contribution in [1.29, 1.82) is 0 Å². The molecule has 0 amide bonds.